The van der Waals surface area contributed by atoms with Crippen molar-refractivity contribution >= 4 is 5.97 Å². The van der Waals surface area contributed by atoms with E-state index in [1.54, 1.807) is 0 Å². The first-order valence-electron chi connectivity index (χ1n) is 2.81. The Balaban J connectivity index is 4.00. The number of halogens is 1. The SMILES string of the molecule is CC(F)CC(N)(N)C(=O)O. The third-order valence-electron chi connectivity index (χ3n) is 1.02. The first-order chi connectivity index (χ1) is 4.36. The molecule has 0 spiro atoms. The first kappa shape index (κ1) is 9.32. The summed E-state index contributed by atoms with van der Waals surface area (Å²) in [6.45, 7) is 1.21. The smallest absolute Gasteiger partial charge is 0.338 e. The fraction of sp³-hybridized carbons (Fsp3) is 0.800. The molecule has 1 unspecified atom stereocenters. The second-order valence-corrected chi connectivity index (χ2v) is 2.33. The Kier molecular flexibility index (Phi) is 2.74. The number of hydrogen-bond acceptors (Lipinski definition) is 3. The fourth-order valence-electron chi connectivity index (χ4n) is 0.553. The van der Waals surface area contributed by atoms with Gasteiger partial charge in [-0.2, -0.15) is 0 Å². The van der Waals surface area contributed by atoms with E-state index in [-0.39, 0.29) is 6.42 Å². The molecule has 5 heteroatoms. The highest BCUT2D eigenvalue weighted by Crippen LogP contribution is 2.05. The van der Waals surface area contributed by atoms with Crippen LogP contribution in [0.15, 0.2) is 0 Å². The van der Waals surface area contributed by atoms with Crippen LogP contribution in [-0.4, -0.2) is 22.9 Å². The van der Waals surface area contributed by atoms with E-state index in [2.05, 4.69) is 0 Å². The summed E-state index contributed by atoms with van der Waals surface area (Å²) in [4.78, 5) is 10.1. The molecule has 0 aliphatic carbocycles. The Morgan fingerprint density at radius 2 is 2.20 bits per heavy atom. The molecule has 0 fully saturated rings. The van der Waals surface area contributed by atoms with Gasteiger partial charge in [-0.15, -0.1) is 0 Å². The van der Waals surface area contributed by atoms with Crippen LogP contribution in [0.2, 0.25) is 0 Å². The normalized spacial score (nSPS) is 14.8. The van der Waals surface area contributed by atoms with Crippen molar-refractivity contribution in [1.82, 2.24) is 0 Å². The lowest BCUT2D eigenvalue weighted by molar-refractivity contribution is -0.144. The molecule has 0 aromatic carbocycles. The number of hydrogen-bond donors (Lipinski definition) is 3. The lowest BCUT2D eigenvalue weighted by Crippen LogP contribution is -2.57. The highest BCUT2D eigenvalue weighted by Gasteiger charge is 2.30. The standard InChI is InChI=1S/C5H11FN2O2/c1-3(6)2-5(7,8)4(9)10/h3H,2,7-8H2,1H3,(H,9,10). The largest absolute Gasteiger partial charge is 0.479 e. The third-order valence-corrected chi connectivity index (χ3v) is 1.02. The Morgan fingerprint density at radius 3 is 2.30 bits per heavy atom. The van der Waals surface area contributed by atoms with Gasteiger partial charge in [-0.3, -0.25) is 0 Å². The van der Waals surface area contributed by atoms with Gasteiger partial charge in [-0.1, -0.05) is 0 Å². The highest BCUT2D eigenvalue weighted by molar-refractivity contribution is 5.77. The van der Waals surface area contributed by atoms with Gasteiger partial charge in [0.05, 0.1) is 0 Å². The van der Waals surface area contributed by atoms with Crippen molar-refractivity contribution < 1.29 is 14.3 Å². The number of aliphatic carboxylic acids is 1. The maximum Gasteiger partial charge on any atom is 0.338 e. The van der Waals surface area contributed by atoms with Crippen molar-refractivity contribution in [3.63, 3.8) is 0 Å². The van der Waals surface area contributed by atoms with Gasteiger partial charge in [0, 0.05) is 6.42 Å². The van der Waals surface area contributed by atoms with Crippen molar-refractivity contribution in [3.05, 3.63) is 0 Å². The minimum Gasteiger partial charge on any atom is -0.479 e. The van der Waals surface area contributed by atoms with Crippen molar-refractivity contribution in [3.8, 4) is 0 Å². The molecule has 1 atom stereocenters. The summed E-state index contributed by atoms with van der Waals surface area (Å²) in [6.07, 6.45) is -1.67. The molecule has 0 rings (SSSR count). The second-order valence-electron chi connectivity index (χ2n) is 2.33. The van der Waals surface area contributed by atoms with Gasteiger partial charge in [0.25, 0.3) is 0 Å². The number of rotatable bonds is 3. The van der Waals surface area contributed by atoms with Crippen LogP contribution < -0.4 is 11.5 Å². The molecule has 0 heterocycles. The zero-order chi connectivity index (χ0) is 8.36. The molecule has 60 valence electrons. The van der Waals surface area contributed by atoms with Crippen molar-refractivity contribution in [2.24, 2.45) is 11.5 Å². The van der Waals surface area contributed by atoms with Gasteiger partial charge in [0.1, 0.15) is 6.17 Å². The zero-order valence-corrected chi connectivity index (χ0v) is 5.67. The average molecular weight is 150 g/mol. The Bertz CT molecular complexity index is 136. The summed E-state index contributed by atoms with van der Waals surface area (Å²) in [5, 5.41) is 8.27. The van der Waals surface area contributed by atoms with E-state index in [9.17, 15) is 9.18 Å². The van der Waals surface area contributed by atoms with E-state index in [1.807, 2.05) is 0 Å². The van der Waals surface area contributed by atoms with E-state index in [0.29, 0.717) is 0 Å². The van der Waals surface area contributed by atoms with Crippen LogP contribution in [-0.2, 0) is 4.79 Å². The molecule has 0 aliphatic rings. The van der Waals surface area contributed by atoms with Crippen LogP contribution in [0.3, 0.4) is 0 Å². The van der Waals surface area contributed by atoms with E-state index >= 15 is 0 Å². The summed E-state index contributed by atoms with van der Waals surface area (Å²) in [6, 6.07) is 0. The predicted octanol–water partition coefficient (Wildman–Crippen LogP) is -0.567. The van der Waals surface area contributed by atoms with Crippen LogP contribution in [0.25, 0.3) is 0 Å². The molecule has 5 N–H and O–H groups in total. The van der Waals surface area contributed by atoms with Crippen LogP contribution in [0.4, 0.5) is 4.39 Å². The first-order valence-corrected chi connectivity index (χ1v) is 2.81. The van der Waals surface area contributed by atoms with Crippen molar-refractivity contribution in [2.45, 2.75) is 25.2 Å². The van der Waals surface area contributed by atoms with E-state index in [4.69, 9.17) is 16.6 Å². The Labute approximate surface area is 58.0 Å². The summed E-state index contributed by atoms with van der Waals surface area (Å²) >= 11 is 0. The molecular weight excluding hydrogens is 139 g/mol. The lowest BCUT2D eigenvalue weighted by atomic mass is 10.1. The number of carbonyl (C=O) groups is 1. The molecule has 0 amide bonds. The number of alkyl halides is 1. The Morgan fingerprint density at radius 1 is 1.80 bits per heavy atom. The molecule has 0 saturated carbocycles. The van der Waals surface area contributed by atoms with Crippen LogP contribution in [0.1, 0.15) is 13.3 Å². The topological polar surface area (TPSA) is 89.3 Å². The minimum atomic E-state index is -1.94. The molecule has 0 aromatic rings. The molecule has 0 aromatic heterocycles. The maximum atomic E-state index is 12.1. The monoisotopic (exact) mass is 150 g/mol. The predicted molar refractivity (Wildman–Crippen MR) is 33.9 cm³/mol. The molecule has 0 aliphatic heterocycles. The second kappa shape index (κ2) is 2.94. The molecule has 0 bridgehead atoms. The molecule has 10 heavy (non-hydrogen) atoms. The maximum absolute atomic E-state index is 12.1. The number of carboxylic acids is 1. The van der Waals surface area contributed by atoms with Gasteiger partial charge in [0.2, 0.25) is 0 Å². The fourth-order valence-corrected chi connectivity index (χ4v) is 0.553. The van der Waals surface area contributed by atoms with Crippen LogP contribution in [0, 0.1) is 0 Å². The van der Waals surface area contributed by atoms with Crippen molar-refractivity contribution in [1.29, 1.82) is 0 Å². The molecule has 4 nitrogen and oxygen atoms in total. The van der Waals surface area contributed by atoms with E-state index in [1.165, 1.54) is 6.92 Å². The summed E-state index contributed by atoms with van der Waals surface area (Å²) in [5.41, 5.74) is 8.06. The summed E-state index contributed by atoms with van der Waals surface area (Å²) < 4.78 is 12.1. The number of carboxylic acid groups (broad SMARTS) is 1. The van der Waals surface area contributed by atoms with Gasteiger partial charge in [-0.05, 0) is 6.92 Å². The minimum absolute atomic E-state index is 0.373. The quantitative estimate of drug-likeness (QED) is 0.470. The van der Waals surface area contributed by atoms with Gasteiger partial charge in [-0.25, -0.2) is 9.18 Å². The third kappa shape index (κ3) is 2.75. The van der Waals surface area contributed by atoms with Crippen LogP contribution >= 0.6 is 0 Å². The summed E-state index contributed by atoms with van der Waals surface area (Å²) in [7, 11) is 0. The van der Waals surface area contributed by atoms with Crippen LogP contribution in [0.5, 0.6) is 0 Å². The van der Waals surface area contributed by atoms with Gasteiger partial charge < -0.3 is 16.6 Å². The van der Waals surface area contributed by atoms with Gasteiger partial charge >= 0.3 is 5.97 Å². The van der Waals surface area contributed by atoms with E-state index < -0.39 is 17.8 Å². The molecular formula is C5H11FN2O2. The highest BCUT2D eigenvalue weighted by atomic mass is 19.1. The Hall–Kier alpha value is -0.680. The zero-order valence-electron chi connectivity index (χ0n) is 5.67. The van der Waals surface area contributed by atoms with E-state index in [0.717, 1.165) is 0 Å². The van der Waals surface area contributed by atoms with Crippen molar-refractivity contribution in [2.75, 3.05) is 0 Å². The molecule has 0 saturated heterocycles. The average Bonchev–Trinajstić information content (AvgIpc) is 1.60. The summed E-state index contributed by atoms with van der Waals surface area (Å²) in [5.74, 6) is -1.39. The van der Waals surface area contributed by atoms with Gasteiger partial charge in [0.15, 0.2) is 5.66 Å². The number of nitrogens with two attached hydrogens (primary N) is 2. The lowest BCUT2D eigenvalue weighted by Gasteiger charge is -2.18. The molecule has 0 radical (unpaired) electrons.